The van der Waals surface area contributed by atoms with Crippen LogP contribution in [-0.4, -0.2) is 10.9 Å². The van der Waals surface area contributed by atoms with Gasteiger partial charge in [-0.3, -0.25) is 4.79 Å². The molecule has 0 radical (unpaired) electrons. The van der Waals surface area contributed by atoms with Gasteiger partial charge < -0.3 is 5.32 Å². The summed E-state index contributed by atoms with van der Waals surface area (Å²) in [6.07, 6.45) is 0.402. The van der Waals surface area contributed by atoms with E-state index < -0.39 is 0 Å². The molecule has 82 valence electrons. The molecule has 2 aromatic rings. The van der Waals surface area contributed by atoms with E-state index in [1.54, 1.807) is 17.4 Å². The Labute approximate surface area is 98.2 Å². The number of aryl methyl sites for hydroxylation is 1. The lowest BCUT2D eigenvalue weighted by Gasteiger charge is -2.03. The van der Waals surface area contributed by atoms with E-state index in [9.17, 15) is 4.79 Å². The minimum atomic E-state index is -0.0310. The van der Waals surface area contributed by atoms with Gasteiger partial charge >= 0.3 is 0 Å². The normalized spacial score (nSPS) is 10.1. The summed E-state index contributed by atoms with van der Waals surface area (Å²) in [6.45, 7) is 1.90. The number of carbonyl (C=O) groups excluding carboxylic acids is 1. The van der Waals surface area contributed by atoms with Gasteiger partial charge in [0, 0.05) is 5.69 Å². The third-order valence-corrected chi connectivity index (χ3v) is 2.83. The second-order valence-corrected chi connectivity index (χ2v) is 4.30. The van der Waals surface area contributed by atoms with Gasteiger partial charge in [-0.05, 0) is 41.4 Å². The maximum absolute atomic E-state index is 11.6. The Morgan fingerprint density at radius 2 is 2.31 bits per heavy atom. The van der Waals surface area contributed by atoms with Crippen LogP contribution in [0.3, 0.4) is 0 Å². The van der Waals surface area contributed by atoms with Crippen molar-refractivity contribution in [2.45, 2.75) is 13.3 Å². The lowest BCUT2D eigenvalue weighted by Crippen LogP contribution is -2.15. The van der Waals surface area contributed by atoms with Gasteiger partial charge in [-0.1, -0.05) is 6.07 Å². The summed E-state index contributed by atoms with van der Waals surface area (Å²) in [4.78, 5) is 15.9. The smallest absolute Gasteiger partial charge is 0.229 e. The van der Waals surface area contributed by atoms with E-state index in [0.29, 0.717) is 12.2 Å². The highest BCUT2D eigenvalue weighted by molar-refractivity contribution is 7.08. The number of hydrogen-bond acceptors (Lipinski definition) is 3. The van der Waals surface area contributed by atoms with Crippen molar-refractivity contribution in [2.75, 3.05) is 5.32 Å². The molecule has 2 heterocycles. The summed E-state index contributed by atoms with van der Waals surface area (Å²) in [5, 5.41) is 6.72. The second kappa shape index (κ2) is 4.90. The topological polar surface area (TPSA) is 42.0 Å². The minimum absolute atomic E-state index is 0.0310. The Hall–Kier alpha value is -1.68. The summed E-state index contributed by atoms with van der Waals surface area (Å²) < 4.78 is 0. The molecule has 0 bridgehead atoms. The van der Waals surface area contributed by atoms with E-state index in [1.165, 1.54) is 0 Å². The fourth-order valence-electron chi connectivity index (χ4n) is 1.38. The highest BCUT2D eigenvalue weighted by atomic mass is 32.1. The molecule has 0 aliphatic rings. The molecule has 0 saturated heterocycles. The average Bonchev–Trinajstić information content (AvgIpc) is 2.70. The predicted octanol–water partition coefficient (Wildman–Crippen LogP) is 2.63. The first kappa shape index (κ1) is 10.8. The van der Waals surface area contributed by atoms with E-state index in [4.69, 9.17) is 0 Å². The highest BCUT2D eigenvalue weighted by Gasteiger charge is 2.04. The van der Waals surface area contributed by atoms with Crippen molar-refractivity contribution < 1.29 is 4.79 Å². The molecule has 2 aromatic heterocycles. The third kappa shape index (κ3) is 2.90. The van der Waals surface area contributed by atoms with Gasteiger partial charge in [0.1, 0.15) is 5.82 Å². The van der Waals surface area contributed by atoms with Gasteiger partial charge in [0.05, 0.1) is 6.42 Å². The van der Waals surface area contributed by atoms with E-state index in [2.05, 4.69) is 10.3 Å². The molecule has 0 atom stereocenters. The summed E-state index contributed by atoms with van der Waals surface area (Å²) >= 11 is 1.59. The molecule has 4 heteroatoms. The summed E-state index contributed by atoms with van der Waals surface area (Å²) in [6, 6.07) is 7.52. The van der Waals surface area contributed by atoms with Crippen LogP contribution in [0, 0.1) is 6.92 Å². The van der Waals surface area contributed by atoms with E-state index in [-0.39, 0.29) is 5.91 Å². The molecule has 2 rings (SSSR count). The van der Waals surface area contributed by atoms with Crippen molar-refractivity contribution >= 4 is 23.1 Å². The summed E-state index contributed by atoms with van der Waals surface area (Å²) in [5.74, 6) is 0.580. The quantitative estimate of drug-likeness (QED) is 0.884. The zero-order valence-electron chi connectivity index (χ0n) is 8.93. The van der Waals surface area contributed by atoms with Crippen molar-refractivity contribution in [3.05, 3.63) is 46.3 Å². The standard InChI is InChI=1S/C12H12N2OS/c1-9-3-2-4-11(13-9)14-12(15)7-10-5-6-16-8-10/h2-6,8H,7H2,1H3,(H,13,14,15). The molecule has 1 N–H and O–H groups in total. The predicted molar refractivity (Wildman–Crippen MR) is 65.6 cm³/mol. The number of hydrogen-bond donors (Lipinski definition) is 1. The fourth-order valence-corrected chi connectivity index (χ4v) is 2.05. The number of carbonyl (C=O) groups is 1. The van der Waals surface area contributed by atoms with Crippen molar-refractivity contribution in [1.29, 1.82) is 0 Å². The summed E-state index contributed by atoms with van der Waals surface area (Å²) in [7, 11) is 0. The molecular weight excluding hydrogens is 220 g/mol. The van der Waals surface area contributed by atoms with Gasteiger partial charge in [-0.25, -0.2) is 4.98 Å². The number of amides is 1. The molecule has 0 aliphatic heterocycles. The number of aromatic nitrogens is 1. The first-order valence-corrected chi connectivity index (χ1v) is 5.93. The maximum atomic E-state index is 11.6. The van der Waals surface area contributed by atoms with Crippen molar-refractivity contribution in [1.82, 2.24) is 4.98 Å². The van der Waals surface area contributed by atoms with Crippen LogP contribution in [0.4, 0.5) is 5.82 Å². The van der Waals surface area contributed by atoms with Gasteiger partial charge in [0.25, 0.3) is 0 Å². The fraction of sp³-hybridized carbons (Fsp3) is 0.167. The van der Waals surface area contributed by atoms with E-state index in [0.717, 1.165) is 11.3 Å². The third-order valence-electron chi connectivity index (χ3n) is 2.10. The Bertz CT molecular complexity index is 480. The van der Waals surface area contributed by atoms with Crippen LogP contribution in [-0.2, 0) is 11.2 Å². The number of pyridine rings is 1. The van der Waals surface area contributed by atoms with Crippen LogP contribution in [0.2, 0.25) is 0 Å². The largest absolute Gasteiger partial charge is 0.310 e. The van der Waals surface area contributed by atoms with Gasteiger partial charge in [-0.2, -0.15) is 11.3 Å². The molecule has 0 aliphatic carbocycles. The molecule has 0 unspecified atom stereocenters. The zero-order valence-corrected chi connectivity index (χ0v) is 9.75. The monoisotopic (exact) mass is 232 g/mol. The molecule has 0 spiro atoms. The Kier molecular flexibility index (Phi) is 3.31. The van der Waals surface area contributed by atoms with Crippen LogP contribution in [0.1, 0.15) is 11.3 Å². The SMILES string of the molecule is Cc1cccc(NC(=O)Cc2ccsc2)n1. The molecule has 0 fully saturated rings. The Morgan fingerprint density at radius 3 is 3.00 bits per heavy atom. The maximum Gasteiger partial charge on any atom is 0.229 e. The van der Waals surface area contributed by atoms with Crippen molar-refractivity contribution in [3.8, 4) is 0 Å². The van der Waals surface area contributed by atoms with Crippen LogP contribution in [0.15, 0.2) is 35.0 Å². The lowest BCUT2D eigenvalue weighted by atomic mass is 10.2. The molecule has 16 heavy (non-hydrogen) atoms. The number of thiophene rings is 1. The molecule has 0 saturated carbocycles. The lowest BCUT2D eigenvalue weighted by molar-refractivity contribution is -0.115. The van der Waals surface area contributed by atoms with Crippen LogP contribution < -0.4 is 5.32 Å². The van der Waals surface area contributed by atoms with Gasteiger partial charge in [-0.15, -0.1) is 0 Å². The highest BCUT2D eigenvalue weighted by Crippen LogP contribution is 2.09. The van der Waals surface area contributed by atoms with E-state index in [1.807, 2.05) is 35.9 Å². The molecule has 0 aromatic carbocycles. The summed E-state index contributed by atoms with van der Waals surface area (Å²) in [5.41, 5.74) is 1.93. The number of nitrogens with one attached hydrogen (secondary N) is 1. The van der Waals surface area contributed by atoms with E-state index >= 15 is 0 Å². The number of nitrogens with zero attached hydrogens (tertiary/aromatic N) is 1. The van der Waals surface area contributed by atoms with Crippen LogP contribution >= 0.6 is 11.3 Å². The van der Waals surface area contributed by atoms with Gasteiger partial charge in [0.2, 0.25) is 5.91 Å². The van der Waals surface area contributed by atoms with Crippen LogP contribution in [0.5, 0.6) is 0 Å². The number of rotatable bonds is 3. The minimum Gasteiger partial charge on any atom is -0.310 e. The molecule has 3 nitrogen and oxygen atoms in total. The Balaban J connectivity index is 1.97. The Morgan fingerprint density at radius 1 is 1.44 bits per heavy atom. The molecule has 1 amide bonds. The zero-order chi connectivity index (χ0) is 11.4. The van der Waals surface area contributed by atoms with Crippen molar-refractivity contribution in [3.63, 3.8) is 0 Å². The van der Waals surface area contributed by atoms with Crippen molar-refractivity contribution in [2.24, 2.45) is 0 Å². The second-order valence-electron chi connectivity index (χ2n) is 3.52. The average molecular weight is 232 g/mol. The van der Waals surface area contributed by atoms with Gasteiger partial charge in [0.15, 0.2) is 0 Å². The first-order valence-electron chi connectivity index (χ1n) is 4.98. The number of anilines is 1. The molecular formula is C12H12N2OS. The first-order chi connectivity index (χ1) is 7.74. The van der Waals surface area contributed by atoms with Crippen LogP contribution in [0.25, 0.3) is 0 Å².